The van der Waals surface area contributed by atoms with Crippen molar-refractivity contribution in [3.05, 3.63) is 72.1 Å². The molecule has 0 radical (unpaired) electrons. The van der Waals surface area contributed by atoms with Gasteiger partial charge >= 0.3 is 0 Å². The first kappa shape index (κ1) is 25.5. The first-order valence-corrected chi connectivity index (χ1v) is 14.2. The van der Waals surface area contributed by atoms with Crippen molar-refractivity contribution in [1.29, 1.82) is 5.26 Å². The van der Waals surface area contributed by atoms with Crippen LogP contribution in [0.2, 0.25) is 0 Å². The van der Waals surface area contributed by atoms with Crippen molar-refractivity contribution in [1.82, 2.24) is 19.9 Å². The zero-order chi connectivity index (χ0) is 26.9. The van der Waals surface area contributed by atoms with Crippen LogP contribution in [0.3, 0.4) is 0 Å². The lowest BCUT2D eigenvalue weighted by Gasteiger charge is -2.33. The molecule has 0 amide bonds. The van der Waals surface area contributed by atoms with Crippen molar-refractivity contribution in [2.75, 3.05) is 47.5 Å². The third-order valence-corrected chi connectivity index (χ3v) is 7.89. The van der Waals surface area contributed by atoms with Gasteiger partial charge in [-0.25, -0.2) is 18.4 Å². The van der Waals surface area contributed by atoms with Gasteiger partial charge in [0.05, 0.1) is 18.4 Å². The van der Waals surface area contributed by atoms with E-state index >= 15 is 0 Å². The number of hydrogen-bond acceptors (Lipinski definition) is 8. The topological polar surface area (TPSA) is 119 Å². The molecule has 1 fully saturated rings. The molecule has 0 aliphatic carbocycles. The highest BCUT2D eigenvalue weighted by Crippen LogP contribution is 2.27. The second-order valence-electron chi connectivity index (χ2n) is 9.54. The number of aromatic nitrogens is 3. The summed E-state index contributed by atoms with van der Waals surface area (Å²) in [4.78, 5) is 11.5. The van der Waals surface area contributed by atoms with Gasteiger partial charge in [0.1, 0.15) is 17.5 Å². The fourth-order valence-corrected chi connectivity index (χ4v) is 5.14. The number of benzene rings is 1. The number of nitrogens with one attached hydrogen (secondary N) is 2. The number of anilines is 4. The van der Waals surface area contributed by atoms with E-state index in [9.17, 15) is 13.7 Å². The standard InChI is InChI=1S/C27H30N8O2S/c1-19-17-34(14-12-29-19)24-8-6-23(7-9-24)31-25-22(16-28)15-20-10-13-35(27(20)32-25)18-21-5-4-11-30-26(21)33(2)38(3,36)37/h4-11,13,15,19,29H,12,14,17-18H2,1-3H3,(H,31,32)/t19-/m0/s1. The van der Waals surface area contributed by atoms with Crippen LogP contribution in [0.15, 0.2) is 60.9 Å². The third-order valence-electron chi connectivity index (χ3n) is 6.73. The Kier molecular flexibility index (Phi) is 6.93. The van der Waals surface area contributed by atoms with Gasteiger partial charge in [0.25, 0.3) is 0 Å². The summed E-state index contributed by atoms with van der Waals surface area (Å²) >= 11 is 0. The first-order chi connectivity index (χ1) is 18.2. The largest absolute Gasteiger partial charge is 0.369 e. The van der Waals surface area contributed by atoms with Gasteiger partial charge in [0, 0.05) is 67.4 Å². The quantitative estimate of drug-likeness (QED) is 0.374. The van der Waals surface area contributed by atoms with E-state index in [-0.39, 0.29) is 0 Å². The van der Waals surface area contributed by atoms with Gasteiger partial charge in [-0.1, -0.05) is 6.07 Å². The van der Waals surface area contributed by atoms with Crippen molar-refractivity contribution < 1.29 is 8.42 Å². The van der Waals surface area contributed by atoms with E-state index in [0.717, 1.165) is 48.2 Å². The SMILES string of the molecule is C[C@H]1CN(c2ccc(Nc3nc4c(ccn4Cc4cccnc4N(C)S(C)(=O)=O)cc3C#N)cc2)CCN1. The molecule has 3 aromatic heterocycles. The summed E-state index contributed by atoms with van der Waals surface area (Å²) in [5, 5.41) is 17.4. The van der Waals surface area contributed by atoms with Crippen molar-refractivity contribution in [3.8, 4) is 6.07 Å². The molecule has 10 nitrogen and oxygen atoms in total. The summed E-state index contributed by atoms with van der Waals surface area (Å²) in [5.74, 6) is 0.825. The van der Waals surface area contributed by atoms with E-state index in [4.69, 9.17) is 4.98 Å². The molecule has 4 aromatic rings. The predicted molar refractivity (Wildman–Crippen MR) is 150 cm³/mol. The highest BCUT2D eigenvalue weighted by Gasteiger charge is 2.19. The van der Waals surface area contributed by atoms with E-state index in [2.05, 4.69) is 45.6 Å². The average Bonchev–Trinajstić information content (AvgIpc) is 3.29. The van der Waals surface area contributed by atoms with Crippen LogP contribution in [0.4, 0.5) is 23.0 Å². The van der Waals surface area contributed by atoms with Crippen molar-refractivity contribution in [2.24, 2.45) is 0 Å². The molecule has 1 aromatic carbocycles. The minimum Gasteiger partial charge on any atom is -0.369 e. The maximum atomic E-state index is 12.1. The van der Waals surface area contributed by atoms with Crippen LogP contribution in [-0.2, 0) is 16.6 Å². The molecule has 4 heterocycles. The van der Waals surface area contributed by atoms with E-state index in [1.165, 1.54) is 11.4 Å². The molecule has 11 heteroatoms. The van der Waals surface area contributed by atoms with E-state index < -0.39 is 10.0 Å². The Morgan fingerprint density at radius 1 is 1.24 bits per heavy atom. The van der Waals surface area contributed by atoms with Gasteiger partial charge in [-0.2, -0.15) is 5.26 Å². The molecular formula is C27H30N8O2S. The van der Waals surface area contributed by atoms with E-state index in [0.29, 0.717) is 35.4 Å². The monoisotopic (exact) mass is 530 g/mol. The van der Waals surface area contributed by atoms with Gasteiger partial charge in [0.15, 0.2) is 5.82 Å². The molecule has 0 saturated carbocycles. The van der Waals surface area contributed by atoms with Gasteiger partial charge in [-0.3, -0.25) is 4.31 Å². The third kappa shape index (κ3) is 5.27. The molecule has 2 N–H and O–H groups in total. The minimum absolute atomic E-state index is 0.364. The smallest absolute Gasteiger partial charge is 0.233 e. The highest BCUT2D eigenvalue weighted by atomic mass is 32.2. The number of rotatable bonds is 7. The second kappa shape index (κ2) is 10.3. The van der Waals surface area contributed by atoms with Gasteiger partial charge in [-0.15, -0.1) is 0 Å². The Morgan fingerprint density at radius 2 is 2.03 bits per heavy atom. The molecule has 1 aliphatic rings. The summed E-state index contributed by atoms with van der Waals surface area (Å²) in [6.07, 6.45) is 4.60. The molecule has 1 atom stereocenters. The Bertz CT molecular complexity index is 1610. The zero-order valence-corrected chi connectivity index (χ0v) is 22.4. The van der Waals surface area contributed by atoms with Gasteiger partial charge in [-0.05, 0) is 49.4 Å². The number of nitriles is 1. The van der Waals surface area contributed by atoms with Gasteiger partial charge < -0.3 is 20.1 Å². The summed E-state index contributed by atoms with van der Waals surface area (Å²) in [6, 6.07) is 18.2. The Labute approximate surface area is 222 Å². The summed E-state index contributed by atoms with van der Waals surface area (Å²) in [6.45, 7) is 5.43. The van der Waals surface area contributed by atoms with Crippen LogP contribution in [0.1, 0.15) is 18.1 Å². The maximum absolute atomic E-state index is 12.1. The molecule has 1 aliphatic heterocycles. The number of pyridine rings is 2. The fourth-order valence-electron chi connectivity index (χ4n) is 4.66. The summed E-state index contributed by atoms with van der Waals surface area (Å²) in [5.41, 5.74) is 3.84. The lowest BCUT2D eigenvalue weighted by Crippen LogP contribution is -2.49. The van der Waals surface area contributed by atoms with Crippen molar-refractivity contribution in [3.63, 3.8) is 0 Å². The van der Waals surface area contributed by atoms with Gasteiger partial charge in [0.2, 0.25) is 10.0 Å². The molecule has 5 rings (SSSR count). The van der Waals surface area contributed by atoms with Crippen LogP contribution in [0, 0.1) is 11.3 Å². The van der Waals surface area contributed by atoms with Crippen LogP contribution in [0.5, 0.6) is 0 Å². The molecule has 1 saturated heterocycles. The number of sulfonamides is 1. The van der Waals surface area contributed by atoms with Crippen molar-refractivity contribution in [2.45, 2.75) is 19.5 Å². The zero-order valence-electron chi connectivity index (χ0n) is 21.6. The van der Waals surface area contributed by atoms with Crippen molar-refractivity contribution >= 4 is 44.1 Å². The number of hydrogen-bond donors (Lipinski definition) is 2. The normalized spacial score (nSPS) is 15.8. The number of fused-ring (bicyclic) bond motifs is 1. The molecule has 196 valence electrons. The Morgan fingerprint density at radius 3 is 2.74 bits per heavy atom. The van der Waals surface area contributed by atoms with Crippen LogP contribution < -0.4 is 19.8 Å². The highest BCUT2D eigenvalue weighted by molar-refractivity contribution is 7.92. The number of piperazine rings is 1. The van der Waals surface area contributed by atoms with Crippen LogP contribution in [0.25, 0.3) is 11.0 Å². The maximum Gasteiger partial charge on any atom is 0.233 e. The lowest BCUT2D eigenvalue weighted by molar-refractivity contribution is 0.485. The summed E-state index contributed by atoms with van der Waals surface area (Å²) in [7, 11) is -1.98. The molecule has 0 spiro atoms. The predicted octanol–water partition coefficient (Wildman–Crippen LogP) is 3.29. The van der Waals surface area contributed by atoms with Crippen LogP contribution >= 0.6 is 0 Å². The first-order valence-electron chi connectivity index (χ1n) is 12.4. The van der Waals surface area contributed by atoms with E-state index in [1.54, 1.807) is 12.3 Å². The summed E-state index contributed by atoms with van der Waals surface area (Å²) < 4.78 is 27.4. The molecule has 38 heavy (non-hydrogen) atoms. The lowest BCUT2D eigenvalue weighted by atomic mass is 10.2. The average molecular weight is 531 g/mol. The molecule has 0 bridgehead atoms. The Balaban J connectivity index is 1.43. The fraction of sp³-hybridized carbons (Fsp3) is 0.296. The van der Waals surface area contributed by atoms with Crippen LogP contribution in [-0.4, -0.2) is 61.9 Å². The molecule has 0 unspecified atom stereocenters. The Hall–Kier alpha value is -4.14. The minimum atomic E-state index is -3.47. The number of nitrogens with zero attached hydrogens (tertiary/aromatic N) is 6. The molecular weight excluding hydrogens is 500 g/mol. The second-order valence-corrected chi connectivity index (χ2v) is 11.6. The van der Waals surface area contributed by atoms with E-state index in [1.807, 2.05) is 41.1 Å².